The van der Waals surface area contributed by atoms with Crippen molar-refractivity contribution in [3.8, 4) is 5.75 Å². The number of hydrogen-bond donors (Lipinski definition) is 1. The molecule has 31 heavy (non-hydrogen) atoms. The summed E-state index contributed by atoms with van der Waals surface area (Å²) in [5.74, 6) is 1.37. The number of nitrogen functional groups attached to an aromatic ring is 1. The minimum Gasteiger partial charge on any atom is -0.491 e. The second-order valence-corrected chi connectivity index (χ2v) is 7.89. The van der Waals surface area contributed by atoms with Gasteiger partial charge in [-0.2, -0.15) is 0 Å². The average Bonchev–Trinajstić information content (AvgIpc) is 2.76. The lowest BCUT2D eigenvalue weighted by atomic mass is 9.99. The Morgan fingerprint density at radius 1 is 0.935 bits per heavy atom. The number of nitrogens with two attached hydrogens (primary N) is 1. The molecule has 2 aromatic carbocycles. The Balaban J connectivity index is 1.52. The van der Waals surface area contributed by atoms with Crippen molar-refractivity contribution < 1.29 is 9.47 Å². The number of ether oxygens (including phenoxy) is 2. The van der Waals surface area contributed by atoms with E-state index in [9.17, 15) is 0 Å². The predicted octanol–water partition coefficient (Wildman–Crippen LogP) is 5.18. The summed E-state index contributed by atoms with van der Waals surface area (Å²) in [6, 6.07) is 14.8. The summed E-state index contributed by atoms with van der Waals surface area (Å²) in [6.07, 6.45) is 3.76. The third-order valence-corrected chi connectivity index (χ3v) is 5.57. The monoisotopic (exact) mass is 415 g/mol. The Kier molecular flexibility index (Phi) is 6.33. The minimum absolute atomic E-state index is 0.482. The topological polar surface area (TPSA) is 70.3 Å². The highest BCUT2D eigenvalue weighted by Crippen LogP contribution is 2.28. The summed E-state index contributed by atoms with van der Waals surface area (Å²) in [5.41, 5.74) is 12.8. The Morgan fingerprint density at radius 3 is 2.61 bits per heavy atom. The van der Waals surface area contributed by atoms with E-state index in [2.05, 4.69) is 60.2 Å². The highest BCUT2D eigenvalue weighted by molar-refractivity contribution is 6.08. The van der Waals surface area contributed by atoms with Crippen molar-refractivity contribution in [2.24, 2.45) is 0 Å². The van der Waals surface area contributed by atoms with Gasteiger partial charge in [0.15, 0.2) is 5.82 Å². The smallest absolute Gasteiger partial charge is 0.150 e. The molecule has 0 radical (unpaired) electrons. The van der Waals surface area contributed by atoms with Crippen LogP contribution in [0.4, 0.5) is 5.82 Å². The number of anilines is 1. The van der Waals surface area contributed by atoms with Crippen molar-refractivity contribution in [1.82, 2.24) is 9.97 Å². The van der Waals surface area contributed by atoms with Gasteiger partial charge in [-0.25, -0.2) is 4.98 Å². The van der Waals surface area contributed by atoms with Crippen LogP contribution in [-0.2, 0) is 17.6 Å². The van der Waals surface area contributed by atoms with Crippen LogP contribution < -0.4 is 10.5 Å². The molecule has 5 heteroatoms. The zero-order valence-electron chi connectivity index (χ0n) is 18.4. The van der Waals surface area contributed by atoms with Gasteiger partial charge in [0.2, 0.25) is 0 Å². The third-order valence-electron chi connectivity index (χ3n) is 5.57. The molecule has 4 aromatic rings. The van der Waals surface area contributed by atoms with Crippen LogP contribution in [0, 0.1) is 13.8 Å². The Labute approximate surface area is 183 Å². The van der Waals surface area contributed by atoms with Gasteiger partial charge in [-0.05, 0) is 80.1 Å². The fourth-order valence-corrected chi connectivity index (χ4v) is 3.88. The molecule has 5 nitrogen and oxygen atoms in total. The first-order valence-electron chi connectivity index (χ1n) is 10.8. The Hall–Kier alpha value is -3.18. The summed E-state index contributed by atoms with van der Waals surface area (Å²) in [6.45, 7) is 8.07. The summed E-state index contributed by atoms with van der Waals surface area (Å²) >= 11 is 0. The maximum Gasteiger partial charge on any atom is 0.150 e. The van der Waals surface area contributed by atoms with Gasteiger partial charge in [-0.1, -0.05) is 18.2 Å². The number of pyridine rings is 2. The third kappa shape index (κ3) is 4.78. The number of aryl methyl sites for hydroxylation is 4. The SMILES string of the molecule is CCOCCOc1ccc(CCc2cnc3c(N)nc4cc(C)ccc4c3c2)c(C)c1. The highest BCUT2D eigenvalue weighted by Gasteiger charge is 2.10. The van der Waals surface area contributed by atoms with Gasteiger partial charge in [0.25, 0.3) is 0 Å². The predicted molar refractivity (Wildman–Crippen MR) is 127 cm³/mol. The van der Waals surface area contributed by atoms with E-state index in [4.69, 9.17) is 15.2 Å². The van der Waals surface area contributed by atoms with Crippen LogP contribution in [0.2, 0.25) is 0 Å². The van der Waals surface area contributed by atoms with E-state index in [1.165, 1.54) is 22.3 Å². The second kappa shape index (κ2) is 9.31. The quantitative estimate of drug-likeness (QED) is 0.317. The molecule has 0 amide bonds. The molecule has 0 fully saturated rings. The van der Waals surface area contributed by atoms with Crippen LogP contribution >= 0.6 is 0 Å². The summed E-state index contributed by atoms with van der Waals surface area (Å²) in [7, 11) is 0. The summed E-state index contributed by atoms with van der Waals surface area (Å²) < 4.78 is 11.1. The molecule has 0 bridgehead atoms. The van der Waals surface area contributed by atoms with Crippen LogP contribution in [-0.4, -0.2) is 29.8 Å². The molecule has 0 unspecified atom stereocenters. The lowest BCUT2D eigenvalue weighted by molar-refractivity contribution is 0.110. The van der Waals surface area contributed by atoms with Crippen molar-refractivity contribution in [1.29, 1.82) is 0 Å². The maximum atomic E-state index is 6.18. The number of hydrogen-bond acceptors (Lipinski definition) is 5. The van der Waals surface area contributed by atoms with E-state index in [0.29, 0.717) is 25.6 Å². The first-order chi connectivity index (χ1) is 15.0. The van der Waals surface area contributed by atoms with Crippen molar-refractivity contribution in [2.45, 2.75) is 33.6 Å². The van der Waals surface area contributed by atoms with Crippen molar-refractivity contribution in [3.05, 3.63) is 70.9 Å². The highest BCUT2D eigenvalue weighted by atomic mass is 16.5. The van der Waals surface area contributed by atoms with Crippen LogP contribution in [0.25, 0.3) is 21.8 Å². The van der Waals surface area contributed by atoms with E-state index < -0.39 is 0 Å². The first-order valence-corrected chi connectivity index (χ1v) is 10.8. The molecular formula is C26H29N3O2. The molecule has 2 N–H and O–H groups in total. The van der Waals surface area contributed by atoms with Gasteiger partial charge in [-0.3, -0.25) is 4.98 Å². The zero-order chi connectivity index (χ0) is 21.8. The van der Waals surface area contributed by atoms with E-state index >= 15 is 0 Å². The molecule has 160 valence electrons. The van der Waals surface area contributed by atoms with E-state index in [1.54, 1.807) is 0 Å². The fraction of sp³-hybridized carbons (Fsp3) is 0.308. The standard InChI is InChI=1S/C26H29N3O2/c1-4-30-11-12-31-21-9-8-20(18(3)14-21)7-6-19-15-23-22-10-5-17(2)13-24(22)29-26(27)25(23)28-16-19/h5,8-10,13-16H,4,6-7,11-12H2,1-3H3,(H2,27,29). The van der Waals surface area contributed by atoms with E-state index in [1.807, 2.05) is 19.2 Å². The largest absolute Gasteiger partial charge is 0.491 e. The van der Waals surface area contributed by atoms with Gasteiger partial charge in [-0.15, -0.1) is 0 Å². The molecule has 2 heterocycles. The molecule has 0 aliphatic rings. The van der Waals surface area contributed by atoms with Crippen molar-refractivity contribution >= 4 is 27.6 Å². The Bertz CT molecular complexity index is 1220. The number of benzene rings is 2. The fourth-order valence-electron chi connectivity index (χ4n) is 3.88. The summed E-state index contributed by atoms with van der Waals surface area (Å²) in [5, 5.41) is 2.16. The number of nitrogens with zero attached hydrogens (tertiary/aromatic N) is 2. The molecule has 0 saturated heterocycles. The minimum atomic E-state index is 0.482. The van der Waals surface area contributed by atoms with Crippen molar-refractivity contribution in [3.63, 3.8) is 0 Å². The second-order valence-electron chi connectivity index (χ2n) is 7.89. The van der Waals surface area contributed by atoms with Crippen molar-refractivity contribution in [2.75, 3.05) is 25.6 Å². The first kappa shape index (κ1) is 21.1. The summed E-state index contributed by atoms with van der Waals surface area (Å²) in [4.78, 5) is 9.17. The normalized spacial score (nSPS) is 11.3. The average molecular weight is 416 g/mol. The van der Waals surface area contributed by atoms with Gasteiger partial charge in [0.1, 0.15) is 17.9 Å². The van der Waals surface area contributed by atoms with Crippen LogP contribution in [0.3, 0.4) is 0 Å². The van der Waals surface area contributed by atoms with Crippen LogP contribution in [0.15, 0.2) is 48.7 Å². The number of aromatic nitrogens is 2. The van der Waals surface area contributed by atoms with E-state index in [0.717, 1.165) is 40.4 Å². The van der Waals surface area contributed by atoms with Gasteiger partial charge < -0.3 is 15.2 Å². The number of fused-ring (bicyclic) bond motifs is 3. The molecule has 0 atom stereocenters. The molecule has 4 rings (SSSR count). The molecular weight excluding hydrogens is 386 g/mol. The van der Waals surface area contributed by atoms with Gasteiger partial charge >= 0.3 is 0 Å². The maximum absolute atomic E-state index is 6.18. The molecule has 0 spiro atoms. The Morgan fingerprint density at radius 2 is 1.81 bits per heavy atom. The lowest BCUT2D eigenvalue weighted by Gasteiger charge is -2.11. The molecule has 0 aliphatic heterocycles. The van der Waals surface area contributed by atoms with Gasteiger partial charge in [0, 0.05) is 23.6 Å². The van der Waals surface area contributed by atoms with Crippen LogP contribution in [0.5, 0.6) is 5.75 Å². The number of rotatable bonds is 8. The van der Waals surface area contributed by atoms with E-state index in [-0.39, 0.29) is 0 Å². The molecule has 2 aromatic heterocycles. The lowest BCUT2D eigenvalue weighted by Crippen LogP contribution is -2.06. The zero-order valence-corrected chi connectivity index (χ0v) is 18.4. The van der Waals surface area contributed by atoms with Gasteiger partial charge in [0.05, 0.1) is 12.1 Å². The molecule has 0 saturated carbocycles. The van der Waals surface area contributed by atoms with Crippen LogP contribution in [0.1, 0.15) is 29.2 Å². The molecule has 0 aliphatic carbocycles.